The first-order valence-electron chi connectivity index (χ1n) is 6.49. The highest BCUT2D eigenvalue weighted by Gasteiger charge is 2.16. The molecular formula is C14H18N4. The average molecular weight is 242 g/mol. The number of anilines is 2. The molecule has 4 heteroatoms. The van der Waals surface area contributed by atoms with Crippen LogP contribution < -0.4 is 10.2 Å². The normalized spacial score (nSPS) is 15.0. The number of rotatable bonds is 4. The van der Waals surface area contributed by atoms with Crippen molar-refractivity contribution in [3.05, 3.63) is 42.4 Å². The van der Waals surface area contributed by atoms with Gasteiger partial charge < -0.3 is 15.2 Å². The fraction of sp³-hybridized carbons (Fsp3) is 0.357. The van der Waals surface area contributed by atoms with Crippen molar-refractivity contribution in [1.82, 2.24) is 9.97 Å². The minimum atomic E-state index is 0.829. The van der Waals surface area contributed by atoms with Gasteiger partial charge in [0.2, 0.25) is 0 Å². The van der Waals surface area contributed by atoms with Gasteiger partial charge in [-0.25, -0.2) is 4.98 Å². The zero-order valence-electron chi connectivity index (χ0n) is 10.4. The average Bonchev–Trinajstić information content (AvgIpc) is 3.10. The van der Waals surface area contributed by atoms with Crippen molar-refractivity contribution in [2.75, 3.05) is 23.3 Å². The third-order valence-corrected chi connectivity index (χ3v) is 3.34. The van der Waals surface area contributed by atoms with Crippen LogP contribution in [0.25, 0.3) is 0 Å². The van der Waals surface area contributed by atoms with Gasteiger partial charge in [0.1, 0.15) is 0 Å². The Morgan fingerprint density at radius 1 is 1.28 bits per heavy atom. The molecule has 0 radical (unpaired) electrons. The first-order valence-corrected chi connectivity index (χ1v) is 6.49. The highest BCUT2D eigenvalue weighted by atomic mass is 15.2. The van der Waals surface area contributed by atoms with E-state index in [0.717, 1.165) is 31.1 Å². The number of nitrogens with one attached hydrogen (secondary N) is 2. The molecule has 0 bridgehead atoms. The maximum Gasteiger partial charge on any atom is 0.151 e. The Labute approximate surface area is 107 Å². The van der Waals surface area contributed by atoms with Gasteiger partial charge in [0.15, 0.2) is 5.82 Å². The quantitative estimate of drug-likeness (QED) is 0.866. The second kappa shape index (κ2) is 5.12. The van der Waals surface area contributed by atoms with Gasteiger partial charge in [0, 0.05) is 38.2 Å². The van der Waals surface area contributed by atoms with E-state index in [9.17, 15) is 0 Å². The molecular weight excluding hydrogens is 224 g/mol. The van der Waals surface area contributed by atoms with Crippen LogP contribution in [0.3, 0.4) is 0 Å². The Balaban J connectivity index is 1.74. The van der Waals surface area contributed by atoms with Crippen molar-refractivity contribution in [3.8, 4) is 0 Å². The van der Waals surface area contributed by atoms with Crippen LogP contribution >= 0.6 is 0 Å². The van der Waals surface area contributed by atoms with E-state index in [0.29, 0.717) is 0 Å². The van der Waals surface area contributed by atoms with Crippen LogP contribution in [0, 0.1) is 0 Å². The van der Waals surface area contributed by atoms with Crippen molar-refractivity contribution < 1.29 is 0 Å². The molecule has 2 aromatic heterocycles. The van der Waals surface area contributed by atoms with Gasteiger partial charge in [0.05, 0.1) is 5.69 Å². The fourth-order valence-electron chi connectivity index (χ4n) is 2.38. The summed E-state index contributed by atoms with van der Waals surface area (Å²) in [5.41, 5.74) is 2.38. The van der Waals surface area contributed by atoms with Crippen molar-refractivity contribution in [2.45, 2.75) is 19.4 Å². The minimum absolute atomic E-state index is 0.829. The van der Waals surface area contributed by atoms with Gasteiger partial charge in [0.25, 0.3) is 0 Å². The third-order valence-electron chi connectivity index (χ3n) is 3.34. The first-order chi connectivity index (χ1) is 8.93. The molecule has 2 aromatic rings. The Bertz CT molecular complexity index is 486. The summed E-state index contributed by atoms with van der Waals surface area (Å²) in [7, 11) is 0. The van der Waals surface area contributed by atoms with E-state index >= 15 is 0 Å². The molecule has 2 N–H and O–H groups in total. The van der Waals surface area contributed by atoms with Gasteiger partial charge in [-0.15, -0.1) is 0 Å². The first kappa shape index (κ1) is 11.1. The molecule has 0 spiro atoms. The summed E-state index contributed by atoms with van der Waals surface area (Å²) < 4.78 is 0. The van der Waals surface area contributed by atoms with Crippen LogP contribution in [-0.4, -0.2) is 23.1 Å². The number of H-pyrrole nitrogens is 1. The maximum absolute atomic E-state index is 4.52. The van der Waals surface area contributed by atoms with Gasteiger partial charge in [-0.2, -0.15) is 0 Å². The zero-order valence-corrected chi connectivity index (χ0v) is 10.4. The summed E-state index contributed by atoms with van der Waals surface area (Å²) in [6.07, 6.45) is 8.37. The number of aromatic amines is 1. The molecule has 4 nitrogen and oxygen atoms in total. The predicted octanol–water partition coefficient (Wildman–Crippen LogP) is 2.62. The molecule has 0 saturated carbocycles. The van der Waals surface area contributed by atoms with Crippen LogP contribution in [0.2, 0.25) is 0 Å². The van der Waals surface area contributed by atoms with Crippen molar-refractivity contribution in [1.29, 1.82) is 0 Å². The molecule has 18 heavy (non-hydrogen) atoms. The monoisotopic (exact) mass is 242 g/mol. The molecule has 94 valence electrons. The lowest BCUT2D eigenvalue weighted by molar-refractivity contribution is 0.935. The van der Waals surface area contributed by atoms with E-state index in [2.05, 4.69) is 32.3 Å². The molecule has 1 aliphatic heterocycles. The highest BCUT2D eigenvalue weighted by Crippen LogP contribution is 2.26. The number of aromatic nitrogens is 2. The summed E-state index contributed by atoms with van der Waals surface area (Å²) in [6.45, 7) is 3.07. The van der Waals surface area contributed by atoms with Crippen LogP contribution in [0.1, 0.15) is 18.4 Å². The zero-order chi connectivity index (χ0) is 12.2. The van der Waals surface area contributed by atoms with Gasteiger partial charge in [-0.05, 0) is 36.6 Å². The molecule has 1 fully saturated rings. The molecule has 0 amide bonds. The third kappa shape index (κ3) is 2.32. The smallest absolute Gasteiger partial charge is 0.151 e. The molecule has 0 atom stereocenters. The number of hydrogen-bond donors (Lipinski definition) is 2. The summed E-state index contributed by atoms with van der Waals surface area (Å²) in [6, 6.07) is 6.17. The SMILES string of the molecule is c1cnc(N2CCCC2)c(NCc2cc[nH]c2)c1. The van der Waals surface area contributed by atoms with Crippen LogP contribution in [0.5, 0.6) is 0 Å². The molecule has 3 heterocycles. The van der Waals surface area contributed by atoms with Gasteiger partial charge in [-0.1, -0.05) is 0 Å². The summed E-state index contributed by atoms with van der Waals surface area (Å²) >= 11 is 0. The number of pyridine rings is 1. The summed E-state index contributed by atoms with van der Waals surface area (Å²) in [5, 5.41) is 3.47. The standard InChI is InChI=1S/C14H18N4/c1-2-9-18(8-1)14-13(4-3-6-16-14)17-11-12-5-7-15-10-12/h3-7,10,15,17H,1-2,8-9,11H2. The van der Waals surface area contributed by atoms with E-state index in [1.807, 2.05) is 24.7 Å². The Morgan fingerprint density at radius 3 is 2.94 bits per heavy atom. The Morgan fingerprint density at radius 2 is 2.17 bits per heavy atom. The highest BCUT2D eigenvalue weighted by molar-refractivity contribution is 5.65. The van der Waals surface area contributed by atoms with Crippen molar-refractivity contribution >= 4 is 11.5 Å². The van der Waals surface area contributed by atoms with E-state index in [1.54, 1.807) is 0 Å². The van der Waals surface area contributed by atoms with Gasteiger partial charge in [-0.3, -0.25) is 0 Å². The van der Waals surface area contributed by atoms with E-state index < -0.39 is 0 Å². The maximum atomic E-state index is 4.52. The molecule has 0 unspecified atom stereocenters. The fourth-order valence-corrected chi connectivity index (χ4v) is 2.38. The van der Waals surface area contributed by atoms with Crippen LogP contribution in [0.15, 0.2) is 36.8 Å². The molecule has 3 rings (SSSR count). The molecule has 1 saturated heterocycles. The van der Waals surface area contributed by atoms with Crippen molar-refractivity contribution in [3.63, 3.8) is 0 Å². The number of nitrogens with zero attached hydrogens (tertiary/aromatic N) is 2. The lowest BCUT2D eigenvalue weighted by Crippen LogP contribution is -2.20. The van der Waals surface area contributed by atoms with E-state index in [1.165, 1.54) is 18.4 Å². The van der Waals surface area contributed by atoms with E-state index in [4.69, 9.17) is 0 Å². The minimum Gasteiger partial charge on any atom is -0.378 e. The molecule has 0 aromatic carbocycles. The number of hydrogen-bond acceptors (Lipinski definition) is 3. The second-order valence-electron chi connectivity index (χ2n) is 4.64. The molecule has 1 aliphatic rings. The predicted molar refractivity (Wildman–Crippen MR) is 73.8 cm³/mol. The Hall–Kier alpha value is -1.97. The summed E-state index contributed by atoms with van der Waals surface area (Å²) in [4.78, 5) is 9.95. The topological polar surface area (TPSA) is 44.0 Å². The van der Waals surface area contributed by atoms with Gasteiger partial charge >= 0.3 is 0 Å². The molecule has 0 aliphatic carbocycles. The van der Waals surface area contributed by atoms with Crippen molar-refractivity contribution in [2.24, 2.45) is 0 Å². The lowest BCUT2D eigenvalue weighted by atomic mass is 10.3. The Kier molecular flexibility index (Phi) is 3.17. The lowest BCUT2D eigenvalue weighted by Gasteiger charge is -2.20. The summed E-state index contributed by atoms with van der Waals surface area (Å²) in [5.74, 6) is 1.09. The van der Waals surface area contributed by atoms with Crippen LogP contribution in [0.4, 0.5) is 11.5 Å². The van der Waals surface area contributed by atoms with E-state index in [-0.39, 0.29) is 0 Å². The van der Waals surface area contributed by atoms with Crippen LogP contribution in [-0.2, 0) is 6.54 Å². The second-order valence-corrected chi connectivity index (χ2v) is 4.64. The largest absolute Gasteiger partial charge is 0.378 e.